The van der Waals surface area contributed by atoms with Crippen molar-refractivity contribution in [3.8, 4) is 0 Å². The zero-order valence-corrected chi connectivity index (χ0v) is 9.32. The van der Waals surface area contributed by atoms with Crippen LogP contribution in [0, 0.1) is 3.70 Å². The molecule has 2 heterocycles. The first-order valence-corrected chi connectivity index (χ1v) is 5.38. The van der Waals surface area contributed by atoms with Gasteiger partial charge in [-0.25, -0.2) is 4.98 Å². The van der Waals surface area contributed by atoms with E-state index in [1.54, 1.807) is 0 Å². The number of morpholine rings is 1. The summed E-state index contributed by atoms with van der Waals surface area (Å²) in [7, 11) is 0. The van der Waals surface area contributed by atoms with Gasteiger partial charge in [0.25, 0.3) is 0 Å². The zero-order valence-electron chi connectivity index (χ0n) is 7.16. The molecule has 1 aliphatic heterocycles. The van der Waals surface area contributed by atoms with Gasteiger partial charge in [0.05, 0.1) is 24.9 Å². The van der Waals surface area contributed by atoms with Crippen LogP contribution < -0.4 is 5.32 Å². The standard InChI is InChI=1S/C9H11IN2O/c10-9-3-1-2-7(12-9)8-6-13-5-4-11-8/h1-3,8,11H,4-6H2/t8-/m0/s1. The second-order valence-corrected chi connectivity index (χ2v) is 4.07. The number of hydrogen-bond donors (Lipinski definition) is 1. The molecule has 0 radical (unpaired) electrons. The first kappa shape index (κ1) is 9.36. The van der Waals surface area contributed by atoms with Gasteiger partial charge in [-0.05, 0) is 34.7 Å². The van der Waals surface area contributed by atoms with Crippen LogP contribution in [-0.4, -0.2) is 24.7 Å². The largest absolute Gasteiger partial charge is 0.378 e. The molecule has 0 saturated carbocycles. The van der Waals surface area contributed by atoms with Crippen molar-refractivity contribution in [2.24, 2.45) is 0 Å². The summed E-state index contributed by atoms with van der Waals surface area (Å²) in [6.07, 6.45) is 0. The third-order valence-corrected chi connectivity index (χ3v) is 2.62. The van der Waals surface area contributed by atoms with Crippen molar-refractivity contribution in [2.45, 2.75) is 6.04 Å². The molecule has 1 aromatic heterocycles. The lowest BCUT2D eigenvalue weighted by molar-refractivity contribution is 0.0756. The van der Waals surface area contributed by atoms with E-state index in [2.05, 4.69) is 32.9 Å². The quantitative estimate of drug-likeness (QED) is 0.626. The molecule has 0 spiro atoms. The lowest BCUT2D eigenvalue weighted by Gasteiger charge is -2.23. The maximum atomic E-state index is 5.37. The monoisotopic (exact) mass is 290 g/mol. The van der Waals surface area contributed by atoms with Crippen molar-refractivity contribution >= 4 is 22.6 Å². The molecule has 0 amide bonds. The Morgan fingerprint density at radius 3 is 3.15 bits per heavy atom. The van der Waals surface area contributed by atoms with Gasteiger partial charge in [-0.1, -0.05) is 6.07 Å². The third-order valence-electron chi connectivity index (χ3n) is 2.02. The predicted octanol–water partition coefficient (Wildman–Crippen LogP) is 1.35. The molecule has 0 unspecified atom stereocenters. The fraction of sp³-hybridized carbons (Fsp3) is 0.444. The van der Waals surface area contributed by atoms with E-state index >= 15 is 0 Å². The van der Waals surface area contributed by atoms with Gasteiger partial charge in [-0.3, -0.25) is 0 Å². The van der Waals surface area contributed by atoms with E-state index in [4.69, 9.17) is 4.74 Å². The molecule has 1 aromatic rings. The Morgan fingerprint density at radius 1 is 1.54 bits per heavy atom. The van der Waals surface area contributed by atoms with E-state index in [9.17, 15) is 0 Å². The highest BCUT2D eigenvalue weighted by Gasteiger charge is 2.15. The average molecular weight is 290 g/mol. The molecule has 3 nitrogen and oxygen atoms in total. The van der Waals surface area contributed by atoms with Crippen molar-refractivity contribution in [2.75, 3.05) is 19.8 Å². The summed E-state index contributed by atoms with van der Waals surface area (Å²) in [6.45, 7) is 2.45. The fourth-order valence-corrected chi connectivity index (χ4v) is 1.86. The molecular formula is C9H11IN2O. The Bertz CT molecular complexity index is 287. The van der Waals surface area contributed by atoms with Crippen molar-refractivity contribution in [1.82, 2.24) is 10.3 Å². The number of hydrogen-bond acceptors (Lipinski definition) is 3. The first-order chi connectivity index (χ1) is 6.36. The van der Waals surface area contributed by atoms with Crippen LogP contribution in [0.15, 0.2) is 18.2 Å². The van der Waals surface area contributed by atoms with Crippen LogP contribution in [0.1, 0.15) is 11.7 Å². The predicted molar refractivity (Wildman–Crippen MR) is 58.5 cm³/mol. The maximum Gasteiger partial charge on any atom is 0.101 e. The van der Waals surface area contributed by atoms with E-state index < -0.39 is 0 Å². The van der Waals surface area contributed by atoms with E-state index in [1.165, 1.54) is 0 Å². The third kappa shape index (κ3) is 2.38. The first-order valence-electron chi connectivity index (χ1n) is 4.30. The van der Waals surface area contributed by atoms with Crippen LogP contribution in [-0.2, 0) is 4.74 Å². The molecule has 0 aromatic carbocycles. The minimum atomic E-state index is 0.267. The average Bonchev–Trinajstić information content (AvgIpc) is 2.19. The zero-order chi connectivity index (χ0) is 9.10. The number of pyridine rings is 1. The molecule has 70 valence electrons. The van der Waals surface area contributed by atoms with E-state index in [0.717, 1.165) is 29.2 Å². The van der Waals surface area contributed by atoms with Crippen LogP contribution in [0.3, 0.4) is 0 Å². The topological polar surface area (TPSA) is 34.1 Å². The van der Waals surface area contributed by atoms with Gasteiger partial charge in [0.15, 0.2) is 0 Å². The molecular weight excluding hydrogens is 279 g/mol. The highest BCUT2D eigenvalue weighted by Crippen LogP contribution is 2.14. The fourth-order valence-electron chi connectivity index (χ4n) is 1.37. The van der Waals surface area contributed by atoms with Crippen molar-refractivity contribution in [1.29, 1.82) is 0 Å². The Balaban J connectivity index is 2.14. The van der Waals surface area contributed by atoms with Crippen molar-refractivity contribution < 1.29 is 4.74 Å². The van der Waals surface area contributed by atoms with E-state index in [0.29, 0.717) is 0 Å². The van der Waals surface area contributed by atoms with E-state index in [1.807, 2.05) is 18.2 Å². The van der Waals surface area contributed by atoms with Crippen LogP contribution in [0.4, 0.5) is 0 Å². The van der Waals surface area contributed by atoms with Crippen LogP contribution in [0.5, 0.6) is 0 Å². The smallest absolute Gasteiger partial charge is 0.101 e. The summed E-state index contributed by atoms with van der Waals surface area (Å²) >= 11 is 2.22. The van der Waals surface area contributed by atoms with Crippen molar-refractivity contribution in [3.05, 3.63) is 27.6 Å². The summed E-state index contributed by atoms with van der Waals surface area (Å²) in [4.78, 5) is 4.44. The number of rotatable bonds is 1. The molecule has 2 rings (SSSR count). The minimum absolute atomic E-state index is 0.267. The van der Waals surface area contributed by atoms with E-state index in [-0.39, 0.29) is 6.04 Å². The Hall–Kier alpha value is -0.200. The molecule has 1 saturated heterocycles. The number of ether oxygens (including phenoxy) is 1. The van der Waals surface area contributed by atoms with Crippen LogP contribution in [0.2, 0.25) is 0 Å². The number of aromatic nitrogens is 1. The van der Waals surface area contributed by atoms with Gasteiger partial charge >= 0.3 is 0 Å². The summed E-state index contributed by atoms with van der Waals surface area (Å²) < 4.78 is 6.40. The SMILES string of the molecule is Ic1cccc([C@@H]2COCCN2)n1. The highest BCUT2D eigenvalue weighted by atomic mass is 127. The van der Waals surface area contributed by atoms with Gasteiger partial charge in [0, 0.05) is 6.54 Å². The molecule has 13 heavy (non-hydrogen) atoms. The second-order valence-electron chi connectivity index (χ2n) is 2.97. The van der Waals surface area contributed by atoms with Gasteiger partial charge in [-0.15, -0.1) is 0 Å². The molecule has 1 aliphatic rings. The lowest BCUT2D eigenvalue weighted by atomic mass is 10.2. The normalized spacial score (nSPS) is 23.0. The molecule has 0 aliphatic carbocycles. The summed E-state index contributed by atoms with van der Waals surface area (Å²) in [5.41, 5.74) is 1.08. The van der Waals surface area contributed by atoms with Crippen molar-refractivity contribution in [3.63, 3.8) is 0 Å². The maximum absolute atomic E-state index is 5.37. The molecule has 1 atom stereocenters. The Morgan fingerprint density at radius 2 is 2.46 bits per heavy atom. The van der Waals surface area contributed by atoms with Gasteiger partial charge in [0.1, 0.15) is 3.70 Å². The lowest BCUT2D eigenvalue weighted by Crippen LogP contribution is -2.35. The second kappa shape index (κ2) is 4.34. The summed E-state index contributed by atoms with van der Waals surface area (Å²) in [6, 6.07) is 6.33. The minimum Gasteiger partial charge on any atom is -0.378 e. The molecule has 1 N–H and O–H groups in total. The van der Waals surface area contributed by atoms with Gasteiger partial charge in [0.2, 0.25) is 0 Å². The van der Waals surface area contributed by atoms with Gasteiger partial charge in [-0.2, -0.15) is 0 Å². The van der Waals surface area contributed by atoms with Gasteiger partial charge < -0.3 is 10.1 Å². The number of nitrogens with one attached hydrogen (secondary N) is 1. The highest BCUT2D eigenvalue weighted by molar-refractivity contribution is 14.1. The van der Waals surface area contributed by atoms with Crippen LogP contribution >= 0.6 is 22.6 Å². The summed E-state index contributed by atoms with van der Waals surface area (Å²) in [5, 5.41) is 3.37. The number of nitrogens with zero attached hydrogens (tertiary/aromatic N) is 1. The molecule has 1 fully saturated rings. The molecule has 4 heteroatoms. The Kier molecular flexibility index (Phi) is 3.13. The Labute approximate surface area is 91.0 Å². The van der Waals surface area contributed by atoms with Crippen LogP contribution in [0.25, 0.3) is 0 Å². The summed E-state index contributed by atoms with van der Waals surface area (Å²) in [5.74, 6) is 0. The molecule has 0 bridgehead atoms. The number of halogens is 1.